The minimum absolute atomic E-state index is 0.0194. The van der Waals surface area contributed by atoms with Crippen LogP contribution in [-0.4, -0.2) is 65.9 Å². The highest BCUT2D eigenvalue weighted by Gasteiger charge is 2.25. The molecule has 168 valence electrons. The molecule has 0 aliphatic carbocycles. The molecular formula is C23H25N3O6. The molecule has 0 bridgehead atoms. The zero-order valence-corrected chi connectivity index (χ0v) is 17.9. The predicted octanol–water partition coefficient (Wildman–Crippen LogP) is 1.07. The summed E-state index contributed by atoms with van der Waals surface area (Å²) in [7, 11) is 3.36. The Hall–Kier alpha value is -3.56. The third-order valence-corrected chi connectivity index (χ3v) is 5.30. The number of amides is 1. The van der Waals surface area contributed by atoms with Gasteiger partial charge in [-0.3, -0.25) is 9.59 Å². The number of aliphatic hydroxyl groups is 1. The molecule has 0 spiro atoms. The molecule has 1 aromatic carbocycles. The van der Waals surface area contributed by atoms with Gasteiger partial charge < -0.3 is 30.0 Å². The third kappa shape index (κ3) is 4.68. The summed E-state index contributed by atoms with van der Waals surface area (Å²) in [5.74, 6) is -0.525. The number of aldehydes is 2. The fraction of sp³-hybridized carbons (Fsp3) is 0.304. The van der Waals surface area contributed by atoms with Crippen LogP contribution in [0.2, 0.25) is 0 Å². The Kier molecular flexibility index (Phi) is 7.34. The quantitative estimate of drug-likeness (QED) is 0.391. The molecule has 3 rings (SSSR count). The van der Waals surface area contributed by atoms with E-state index >= 15 is 0 Å². The number of phenolic OH excluding ortho intramolecular Hbond substituents is 1. The minimum Gasteiger partial charge on any atom is -0.508 e. The molecule has 0 atom stereocenters. The largest absolute Gasteiger partial charge is 0.508 e. The van der Waals surface area contributed by atoms with Gasteiger partial charge in [-0.05, 0) is 35.4 Å². The maximum Gasteiger partial charge on any atom is 0.245 e. The van der Waals surface area contributed by atoms with Crippen LogP contribution in [0.1, 0.15) is 23.2 Å². The Bertz CT molecular complexity index is 1120. The lowest BCUT2D eigenvalue weighted by atomic mass is 10.0. The molecule has 0 saturated heterocycles. The number of aromatic nitrogens is 1. The summed E-state index contributed by atoms with van der Waals surface area (Å²) >= 11 is 0. The first-order valence-electron chi connectivity index (χ1n) is 9.98. The highest BCUT2D eigenvalue weighted by atomic mass is 16.5. The fourth-order valence-corrected chi connectivity index (χ4v) is 3.70. The van der Waals surface area contributed by atoms with E-state index in [2.05, 4.69) is 5.32 Å². The smallest absolute Gasteiger partial charge is 0.245 e. The number of nitrogens with one attached hydrogen (secondary N) is 1. The minimum atomic E-state index is -0.638. The van der Waals surface area contributed by atoms with Gasteiger partial charge in [-0.15, -0.1) is 0 Å². The van der Waals surface area contributed by atoms with Crippen molar-refractivity contribution in [2.24, 2.45) is 0 Å². The van der Waals surface area contributed by atoms with E-state index in [0.717, 1.165) is 17.5 Å². The van der Waals surface area contributed by atoms with Crippen LogP contribution >= 0.6 is 0 Å². The van der Waals surface area contributed by atoms with Gasteiger partial charge in [0.15, 0.2) is 0 Å². The number of hydrogen-bond acceptors (Lipinski definition) is 8. The number of rotatable bonds is 9. The molecule has 2 heterocycles. The van der Waals surface area contributed by atoms with Crippen LogP contribution in [0.25, 0.3) is 16.6 Å². The Labute approximate surface area is 185 Å². The van der Waals surface area contributed by atoms with E-state index in [1.807, 2.05) is 18.0 Å². The highest BCUT2D eigenvalue weighted by Crippen LogP contribution is 2.36. The molecule has 32 heavy (non-hydrogen) atoms. The normalized spacial score (nSPS) is 15.0. The summed E-state index contributed by atoms with van der Waals surface area (Å²) in [6.45, 7) is 0.0474. The molecule has 1 aromatic heterocycles. The first-order chi connectivity index (χ1) is 15.4. The second-order valence-electron chi connectivity index (χ2n) is 7.42. The predicted molar refractivity (Wildman–Crippen MR) is 117 cm³/mol. The van der Waals surface area contributed by atoms with Crippen molar-refractivity contribution in [3.05, 3.63) is 52.2 Å². The SMILES string of the molecule is COC/C(C=O)=C(/C=C1/c2nc3ccc(O)c(CNC(=O)CO)c3cc2CN1C)CC=O. The monoisotopic (exact) mass is 439 g/mol. The standard InChI is InChI=1S/C23H25N3O6/c1-26-10-15-7-17-18(9-24-22(31)12-29)21(30)4-3-19(17)25-23(15)20(26)8-14(5-6-27)16(11-28)13-32-2/h3-4,6-8,11,29-30H,5,9-10,12-13H2,1-2H3,(H,24,31)/b16-14+,20-8-. The first kappa shape index (κ1) is 23.1. The number of pyridine rings is 1. The number of fused-ring (bicyclic) bond motifs is 2. The lowest BCUT2D eigenvalue weighted by Gasteiger charge is -2.14. The van der Waals surface area contributed by atoms with Gasteiger partial charge in [-0.25, -0.2) is 4.98 Å². The summed E-state index contributed by atoms with van der Waals surface area (Å²) in [5, 5.41) is 22.5. The molecule has 0 fully saturated rings. The molecule has 0 radical (unpaired) electrons. The molecule has 1 amide bonds. The number of methoxy groups -OCH3 is 1. The average Bonchev–Trinajstić information content (AvgIpc) is 3.08. The lowest BCUT2D eigenvalue weighted by Crippen LogP contribution is -2.25. The van der Waals surface area contributed by atoms with Crippen molar-refractivity contribution < 1.29 is 29.3 Å². The van der Waals surface area contributed by atoms with Crippen molar-refractivity contribution in [1.29, 1.82) is 0 Å². The van der Waals surface area contributed by atoms with Gasteiger partial charge in [0.05, 0.1) is 23.5 Å². The summed E-state index contributed by atoms with van der Waals surface area (Å²) in [6, 6.07) is 5.10. The molecule has 9 heteroatoms. The van der Waals surface area contributed by atoms with Crippen molar-refractivity contribution in [1.82, 2.24) is 15.2 Å². The van der Waals surface area contributed by atoms with Crippen molar-refractivity contribution in [2.75, 3.05) is 27.4 Å². The fourth-order valence-electron chi connectivity index (χ4n) is 3.70. The van der Waals surface area contributed by atoms with E-state index in [9.17, 15) is 19.5 Å². The summed E-state index contributed by atoms with van der Waals surface area (Å²) in [5.41, 5.74) is 4.44. The Balaban J connectivity index is 2.11. The van der Waals surface area contributed by atoms with E-state index in [1.54, 1.807) is 12.1 Å². The molecule has 0 unspecified atom stereocenters. The van der Waals surface area contributed by atoms with Crippen LogP contribution in [0, 0.1) is 0 Å². The second kappa shape index (κ2) is 10.2. The van der Waals surface area contributed by atoms with Crippen molar-refractivity contribution in [3.8, 4) is 5.75 Å². The van der Waals surface area contributed by atoms with Crippen molar-refractivity contribution in [3.63, 3.8) is 0 Å². The maximum atomic E-state index is 11.5. The number of phenols is 1. The lowest BCUT2D eigenvalue weighted by molar-refractivity contribution is -0.124. The van der Waals surface area contributed by atoms with E-state index in [4.69, 9.17) is 14.8 Å². The van der Waals surface area contributed by atoms with Crippen LogP contribution in [0.4, 0.5) is 0 Å². The zero-order chi connectivity index (χ0) is 23.3. The molecule has 1 aliphatic heterocycles. The van der Waals surface area contributed by atoms with Crippen LogP contribution in [0.5, 0.6) is 5.75 Å². The molecule has 0 saturated carbocycles. The first-order valence-corrected chi connectivity index (χ1v) is 9.98. The van der Waals surface area contributed by atoms with Gasteiger partial charge in [0, 0.05) is 50.2 Å². The van der Waals surface area contributed by atoms with Crippen LogP contribution in [0.3, 0.4) is 0 Å². The maximum absolute atomic E-state index is 11.5. The number of benzene rings is 1. The van der Waals surface area contributed by atoms with Gasteiger partial charge >= 0.3 is 0 Å². The Morgan fingerprint density at radius 3 is 2.75 bits per heavy atom. The third-order valence-electron chi connectivity index (χ3n) is 5.30. The Morgan fingerprint density at radius 2 is 2.09 bits per heavy atom. The van der Waals surface area contributed by atoms with E-state index in [1.165, 1.54) is 13.2 Å². The molecular weight excluding hydrogens is 414 g/mol. The van der Waals surface area contributed by atoms with E-state index < -0.39 is 12.5 Å². The van der Waals surface area contributed by atoms with Crippen LogP contribution < -0.4 is 5.32 Å². The number of allylic oxidation sites excluding steroid dienone is 2. The Morgan fingerprint density at radius 1 is 1.31 bits per heavy atom. The van der Waals surface area contributed by atoms with Crippen LogP contribution in [-0.2, 0) is 32.2 Å². The van der Waals surface area contributed by atoms with Gasteiger partial charge in [-0.1, -0.05) is 0 Å². The van der Waals surface area contributed by atoms with Crippen LogP contribution in [0.15, 0.2) is 35.4 Å². The van der Waals surface area contributed by atoms with Gasteiger partial charge in [0.25, 0.3) is 0 Å². The van der Waals surface area contributed by atoms with Crippen molar-refractivity contribution >= 4 is 35.1 Å². The number of aliphatic hydroxyl groups excluding tert-OH is 1. The summed E-state index contributed by atoms with van der Waals surface area (Å²) in [6.07, 6.45) is 3.29. The number of ether oxygens (including phenoxy) is 1. The van der Waals surface area contributed by atoms with Gasteiger partial charge in [0.2, 0.25) is 5.91 Å². The van der Waals surface area contributed by atoms with Gasteiger partial charge in [-0.2, -0.15) is 0 Å². The van der Waals surface area contributed by atoms with E-state index in [-0.39, 0.29) is 25.3 Å². The summed E-state index contributed by atoms with van der Waals surface area (Å²) in [4.78, 5) is 40.9. The molecule has 9 nitrogen and oxygen atoms in total. The average molecular weight is 439 g/mol. The van der Waals surface area contributed by atoms with Gasteiger partial charge in [0.1, 0.15) is 24.9 Å². The number of aromatic hydroxyl groups is 1. The molecule has 1 aliphatic rings. The zero-order valence-electron chi connectivity index (χ0n) is 17.9. The molecule has 2 aromatic rings. The number of carbonyl (C=O) groups excluding carboxylic acids is 3. The number of nitrogens with zero attached hydrogens (tertiary/aromatic N) is 2. The number of carbonyl (C=O) groups is 3. The second-order valence-corrected chi connectivity index (χ2v) is 7.42. The molecule has 3 N–H and O–H groups in total. The van der Waals surface area contributed by atoms with E-state index in [0.29, 0.717) is 46.1 Å². The number of hydrogen-bond donors (Lipinski definition) is 3. The summed E-state index contributed by atoms with van der Waals surface area (Å²) < 4.78 is 5.08. The van der Waals surface area contributed by atoms with Crippen molar-refractivity contribution in [2.45, 2.75) is 19.5 Å². The topological polar surface area (TPSA) is 129 Å². The highest BCUT2D eigenvalue weighted by molar-refractivity contribution is 5.89.